The quantitative estimate of drug-likeness (QED) is 0.363. The minimum Gasteiger partial charge on any atom is -0.299 e. The van der Waals surface area contributed by atoms with Crippen molar-refractivity contribution in [1.29, 1.82) is 0 Å². The van der Waals surface area contributed by atoms with Crippen LogP contribution in [0.25, 0.3) is 0 Å². The van der Waals surface area contributed by atoms with Gasteiger partial charge in [0.2, 0.25) is 10.0 Å². The van der Waals surface area contributed by atoms with Crippen LogP contribution in [0.1, 0.15) is 41.6 Å². The SMILES string of the molecule is C=CCCC(=O)C1CC(N=[N+]=NC(=O)c2ccccc2)(c2ccc(Cl)cc2)C1. The molecule has 1 saturated carbocycles. The van der Waals surface area contributed by atoms with Crippen molar-refractivity contribution in [3.63, 3.8) is 0 Å². The van der Waals surface area contributed by atoms with E-state index in [-0.39, 0.29) is 11.7 Å². The molecular formula is C22H21ClN3O2+. The number of allylic oxidation sites excluding steroid dienone is 1. The van der Waals surface area contributed by atoms with Crippen molar-refractivity contribution in [2.45, 2.75) is 31.2 Å². The van der Waals surface area contributed by atoms with Crippen molar-refractivity contribution in [2.24, 2.45) is 16.1 Å². The third kappa shape index (κ3) is 4.50. The van der Waals surface area contributed by atoms with Crippen molar-refractivity contribution in [2.75, 3.05) is 0 Å². The summed E-state index contributed by atoms with van der Waals surface area (Å²) >= 11 is 5.99. The molecule has 2 aromatic carbocycles. The smallest absolute Gasteiger partial charge is 0.299 e. The van der Waals surface area contributed by atoms with Gasteiger partial charge in [-0.3, -0.25) is 9.59 Å². The molecule has 0 bridgehead atoms. The molecule has 6 heteroatoms. The third-order valence-corrected chi connectivity index (χ3v) is 5.24. The first-order valence-electron chi connectivity index (χ1n) is 9.16. The molecule has 0 saturated heterocycles. The van der Waals surface area contributed by atoms with Crippen molar-refractivity contribution < 1.29 is 9.59 Å². The maximum atomic E-state index is 12.3. The summed E-state index contributed by atoms with van der Waals surface area (Å²) in [5.41, 5.74) is 0.711. The first kappa shape index (κ1) is 19.9. The number of ketones is 1. The van der Waals surface area contributed by atoms with E-state index in [0.717, 1.165) is 5.56 Å². The Bertz CT molecular complexity index is 926. The minimum atomic E-state index is -0.653. The fourth-order valence-electron chi connectivity index (χ4n) is 3.35. The molecular weight excluding hydrogens is 374 g/mol. The Balaban J connectivity index is 1.81. The van der Waals surface area contributed by atoms with Gasteiger partial charge in [-0.1, -0.05) is 48.0 Å². The number of halogens is 1. The molecule has 28 heavy (non-hydrogen) atoms. The van der Waals surface area contributed by atoms with Crippen LogP contribution in [0, 0.1) is 5.92 Å². The molecule has 0 aliphatic heterocycles. The zero-order valence-corrected chi connectivity index (χ0v) is 16.2. The summed E-state index contributed by atoms with van der Waals surface area (Å²) < 4.78 is 0. The van der Waals surface area contributed by atoms with E-state index < -0.39 is 11.4 Å². The molecule has 1 aliphatic rings. The second-order valence-corrected chi connectivity index (χ2v) is 7.33. The van der Waals surface area contributed by atoms with E-state index in [1.807, 2.05) is 18.2 Å². The van der Waals surface area contributed by atoms with Gasteiger partial charge in [-0.2, -0.15) is 0 Å². The van der Waals surface area contributed by atoms with Gasteiger partial charge in [0.15, 0.2) is 5.54 Å². The Hall–Kier alpha value is -2.88. The highest BCUT2D eigenvalue weighted by Crippen LogP contribution is 2.49. The largest absolute Gasteiger partial charge is 0.360 e. The van der Waals surface area contributed by atoms with Gasteiger partial charge in [0.25, 0.3) is 0 Å². The zero-order valence-electron chi connectivity index (χ0n) is 15.4. The number of hydrogen-bond acceptors (Lipinski definition) is 3. The molecule has 0 spiro atoms. The second-order valence-electron chi connectivity index (χ2n) is 6.90. The fraction of sp³-hybridized carbons (Fsp3) is 0.273. The van der Waals surface area contributed by atoms with Crippen LogP contribution in [0.15, 0.2) is 77.5 Å². The number of nitrogens with zero attached hydrogens (tertiary/aromatic N) is 3. The summed E-state index contributed by atoms with van der Waals surface area (Å²) in [6.07, 6.45) is 3.99. The maximum absolute atomic E-state index is 12.3. The lowest BCUT2D eigenvalue weighted by molar-refractivity contribution is -0.127. The topological polar surface area (TPSA) is 73.0 Å². The van der Waals surface area contributed by atoms with Gasteiger partial charge in [0.05, 0.1) is 0 Å². The van der Waals surface area contributed by atoms with E-state index in [1.165, 1.54) is 0 Å². The van der Waals surface area contributed by atoms with Crippen LogP contribution in [0.5, 0.6) is 0 Å². The zero-order chi connectivity index (χ0) is 20.0. The van der Waals surface area contributed by atoms with Gasteiger partial charge in [-0.25, -0.2) is 0 Å². The van der Waals surface area contributed by atoms with E-state index in [4.69, 9.17) is 11.6 Å². The minimum absolute atomic E-state index is 0.0700. The van der Waals surface area contributed by atoms with Crippen molar-refractivity contribution in [1.82, 2.24) is 4.91 Å². The lowest BCUT2D eigenvalue weighted by Gasteiger charge is -2.39. The monoisotopic (exact) mass is 394 g/mol. The Morgan fingerprint density at radius 3 is 2.46 bits per heavy atom. The van der Waals surface area contributed by atoms with Crippen LogP contribution in [0.3, 0.4) is 0 Å². The normalized spacial score (nSPS) is 20.4. The molecule has 0 heterocycles. The van der Waals surface area contributed by atoms with Crippen LogP contribution in [0.2, 0.25) is 5.02 Å². The molecule has 5 nitrogen and oxygen atoms in total. The molecule has 0 unspecified atom stereocenters. The third-order valence-electron chi connectivity index (χ3n) is 4.99. The number of carbonyl (C=O) groups is 2. The number of rotatable bonds is 7. The highest BCUT2D eigenvalue weighted by molar-refractivity contribution is 6.30. The van der Waals surface area contributed by atoms with Crippen LogP contribution < -0.4 is 4.91 Å². The second kappa shape index (κ2) is 8.87. The first-order valence-corrected chi connectivity index (χ1v) is 9.54. The van der Waals surface area contributed by atoms with Gasteiger partial charge >= 0.3 is 5.91 Å². The van der Waals surface area contributed by atoms with E-state index in [2.05, 4.69) is 21.7 Å². The van der Waals surface area contributed by atoms with E-state index in [0.29, 0.717) is 36.3 Å². The molecule has 0 N–H and O–H groups in total. The maximum Gasteiger partial charge on any atom is 0.360 e. The molecule has 0 atom stereocenters. The molecule has 142 valence electrons. The van der Waals surface area contributed by atoms with Gasteiger partial charge in [0, 0.05) is 22.9 Å². The Labute approximate surface area is 168 Å². The Morgan fingerprint density at radius 1 is 1.14 bits per heavy atom. The predicted molar refractivity (Wildman–Crippen MR) is 108 cm³/mol. The van der Waals surface area contributed by atoms with E-state index in [9.17, 15) is 9.59 Å². The number of carbonyl (C=O) groups excluding carboxylic acids is 2. The average Bonchev–Trinajstić information content (AvgIpc) is 2.69. The molecule has 3 rings (SSSR count). The van der Waals surface area contributed by atoms with Gasteiger partial charge < -0.3 is 0 Å². The molecule has 1 fully saturated rings. The van der Waals surface area contributed by atoms with Gasteiger partial charge in [0.1, 0.15) is 10.9 Å². The fourth-order valence-corrected chi connectivity index (χ4v) is 3.48. The summed E-state index contributed by atoms with van der Waals surface area (Å²) in [4.78, 5) is 28.2. The lowest BCUT2D eigenvalue weighted by Crippen LogP contribution is -2.43. The van der Waals surface area contributed by atoms with Crippen molar-refractivity contribution in [3.8, 4) is 0 Å². The van der Waals surface area contributed by atoms with E-state index in [1.54, 1.807) is 42.5 Å². The van der Waals surface area contributed by atoms with Crippen molar-refractivity contribution >= 4 is 23.3 Å². The molecule has 1 amide bonds. The summed E-state index contributed by atoms with van der Waals surface area (Å²) in [6.45, 7) is 3.66. The predicted octanol–water partition coefficient (Wildman–Crippen LogP) is 5.29. The molecule has 1 aliphatic carbocycles. The van der Waals surface area contributed by atoms with Crippen LogP contribution in [-0.2, 0) is 10.3 Å². The van der Waals surface area contributed by atoms with E-state index >= 15 is 0 Å². The summed E-state index contributed by atoms with van der Waals surface area (Å²) in [7, 11) is 0. The van der Waals surface area contributed by atoms with Gasteiger partial charge in [-0.15, -0.1) is 6.58 Å². The highest BCUT2D eigenvalue weighted by Gasteiger charge is 2.52. The Kier molecular flexibility index (Phi) is 6.30. The molecule has 2 aromatic rings. The number of hydrogen-bond donors (Lipinski definition) is 0. The van der Waals surface area contributed by atoms with Crippen molar-refractivity contribution in [3.05, 3.63) is 83.4 Å². The van der Waals surface area contributed by atoms with Gasteiger partial charge in [-0.05, 0) is 49.1 Å². The summed E-state index contributed by atoms with van der Waals surface area (Å²) in [5, 5.41) is 8.70. The van der Waals surface area contributed by atoms with Crippen LogP contribution in [0.4, 0.5) is 0 Å². The van der Waals surface area contributed by atoms with Crippen LogP contribution >= 0.6 is 11.6 Å². The lowest BCUT2D eigenvalue weighted by atomic mass is 9.63. The number of benzene rings is 2. The van der Waals surface area contributed by atoms with Crippen LogP contribution in [-0.4, -0.2) is 11.7 Å². The Morgan fingerprint density at radius 2 is 1.82 bits per heavy atom. The standard InChI is InChI=1S/C22H21ClN3O2/c1-2-3-9-20(27)17-14-22(15-17,18-10-12-19(23)13-11-18)25-26-24-21(28)16-7-5-4-6-8-16/h2,4-8,10-13,17H,1,3,9,14-15H2/q+1. The average molecular weight is 395 g/mol. The molecule has 0 aromatic heterocycles. The highest BCUT2D eigenvalue weighted by atomic mass is 35.5. The first-order chi connectivity index (χ1) is 13.5. The summed E-state index contributed by atoms with van der Waals surface area (Å²) in [5.74, 6) is -0.315. The summed E-state index contributed by atoms with van der Waals surface area (Å²) in [6, 6.07) is 16.0. The number of amides is 1. The number of Topliss-reactive ketones (excluding diaryl/α,β-unsaturated/α-hetero) is 1. The molecule has 0 radical (unpaired) electrons.